The summed E-state index contributed by atoms with van der Waals surface area (Å²) >= 11 is 1.92. The molecular formula is C16H19FINO3. The fraction of sp³-hybridized carbons (Fsp3) is 0.500. The largest absolute Gasteiger partial charge is 0.464 e. The van der Waals surface area contributed by atoms with Gasteiger partial charge in [-0.05, 0) is 60.6 Å². The summed E-state index contributed by atoms with van der Waals surface area (Å²) in [4.78, 5) is 24.8. The highest BCUT2D eigenvalue weighted by molar-refractivity contribution is 14.1. The van der Waals surface area contributed by atoms with E-state index in [0.29, 0.717) is 22.0 Å². The van der Waals surface area contributed by atoms with E-state index < -0.39 is 11.4 Å². The molecule has 1 aromatic rings. The second-order valence-corrected chi connectivity index (χ2v) is 6.60. The standard InChI is InChI=1S/C16H19FINO3/c1-2-22-15(21)16(8-4-3-5-9-16)19-14(20)12-7-6-11(17)10-13(12)18/h6-7,10H,2-5,8-9H2,1H3,(H,19,20). The van der Waals surface area contributed by atoms with E-state index in [4.69, 9.17) is 4.74 Å². The first-order valence-corrected chi connectivity index (χ1v) is 8.51. The molecule has 0 atom stereocenters. The summed E-state index contributed by atoms with van der Waals surface area (Å²) in [6, 6.07) is 3.98. The van der Waals surface area contributed by atoms with Crippen molar-refractivity contribution in [2.24, 2.45) is 0 Å². The van der Waals surface area contributed by atoms with Gasteiger partial charge in [0.1, 0.15) is 11.4 Å². The summed E-state index contributed by atoms with van der Waals surface area (Å²) in [5.41, 5.74) is -0.584. The zero-order valence-electron chi connectivity index (χ0n) is 12.5. The van der Waals surface area contributed by atoms with Gasteiger partial charge in [0.25, 0.3) is 5.91 Å². The van der Waals surface area contributed by atoms with Gasteiger partial charge in [-0.1, -0.05) is 19.3 Å². The van der Waals surface area contributed by atoms with Crippen molar-refractivity contribution in [2.75, 3.05) is 6.61 Å². The number of esters is 1. The zero-order chi connectivity index (χ0) is 16.2. The van der Waals surface area contributed by atoms with E-state index in [0.717, 1.165) is 19.3 Å². The summed E-state index contributed by atoms with van der Waals surface area (Å²) in [7, 11) is 0. The number of rotatable bonds is 4. The van der Waals surface area contributed by atoms with Gasteiger partial charge in [-0.2, -0.15) is 0 Å². The minimum absolute atomic E-state index is 0.282. The van der Waals surface area contributed by atoms with Crippen molar-refractivity contribution < 1.29 is 18.7 Å². The number of hydrogen-bond donors (Lipinski definition) is 1. The van der Waals surface area contributed by atoms with E-state index in [1.807, 2.05) is 22.6 Å². The maximum Gasteiger partial charge on any atom is 0.331 e. The van der Waals surface area contributed by atoms with Gasteiger partial charge in [0, 0.05) is 3.57 Å². The van der Waals surface area contributed by atoms with Crippen molar-refractivity contribution in [3.8, 4) is 0 Å². The third-order valence-electron chi connectivity index (χ3n) is 3.90. The van der Waals surface area contributed by atoms with Crippen LogP contribution >= 0.6 is 22.6 Å². The number of hydrogen-bond acceptors (Lipinski definition) is 3. The summed E-state index contributed by atoms with van der Waals surface area (Å²) in [5, 5.41) is 2.85. The average molecular weight is 419 g/mol. The van der Waals surface area contributed by atoms with Crippen LogP contribution in [-0.4, -0.2) is 24.0 Å². The molecule has 0 aromatic heterocycles. The molecule has 6 heteroatoms. The molecule has 1 aliphatic rings. The molecule has 0 bridgehead atoms. The number of carbonyl (C=O) groups is 2. The van der Waals surface area contributed by atoms with Crippen LogP contribution in [0.1, 0.15) is 49.4 Å². The van der Waals surface area contributed by atoms with Crippen LogP contribution in [0.15, 0.2) is 18.2 Å². The molecule has 0 saturated heterocycles. The van der Waals surface area contributed by atoms with Gasteiger partial charge < -0.3 is 10.1 Å². The molecule has 0 unspecified atom stereocenters. The topological polar surface area (TPSA) is 55.4 Å². The molecule has 1 N–H and O–H groups in total. The van der Waals surface area contributed by atoms with Crippen molar-refractivity contribution in [1.82, 2.24) is 5.32 Å². The van der Waals surface area contributed by atoms with Crippen LogP contribution in [-0.2, 0) is 9.53 Å². The number of nitrogens with one attached hydrogen (secondary N) is 1. The van der Waals surface area contributed by atoms with E-state index in [9.17, 15) is 14.0 Å². The average Bonchev–Trinajstić information content (AvgIpc) is 2.48. The Morgan fingerprint density at radius 2 is 2.00 bits per heavy atom. The van der Waals surface area contributed by atoms with Gasteiger partial charge in [0.2, 0.25) is 0 Å². The van der Waals surface area contributed by atoms with Gasteiger partial charge in [0.15, 0.2) is 0 Å². The van der Waals surface area contributed by atoms with Gasteiger partial charge >= 0.3 is 5.97 Å². The molecule has 4 nitrogen and oxygen atoms in total. The van der Waals surface area contributed by atoms with Gasteiger partial charge in [-0.25, -0.2) is 9.18 Å². The molecule has 22 heavy (non-hydrogen) atoms. The molecule has 2 rings (SSSR count). The normalized spacial score (nSPS) is 16.9. The number of benzene rings is 1. The molecule has 0 radical (unpaired) electrons. The van der Waals surface area contributed by atoms with Crippen molar-refractivity contribution >= 4 is 34.5 Å². The Kier molecular flexibility index (Phi) is 5.77. The fourth-order valence-corrected chi connectivity index (χ4v) is 3.49. The van der Waals surface area contributed by atoms with Crippen LogP contribution < -0.4 is 5.32 Å². The second-order valence-electron chi connectivity index (χ2n) is 5.44. The maximum atomic E-state index is 13.2. The summed E-state index contributed by atoms with van der Waals surface area (Å²) in [5.74, 6) is -1.13. The fourth-order valence-electron chi connectivity index (χ4n) is 2.76. The van der Waals surface area contributed by atoms with Crippen LogP contribution in [0.3, 0.4) is 0 Å². The number of ether oxygens (including phenoxy) is 1. The van der Waals surface area contributed by atoms with Gasteiger partial charge in [-0.15, -0.1) is 0 Å². The predicted molar refractivity (Wildman–Crippen MR) is 89.0 cm³/mol. The lowest BCUT2D eigenvalue weighted by atomic mass is 9.81. The molecular weight excluding hydrogens is 400 g/mol. The molecule has 1 saturated carbocycles. The first kappa shape index (κ1) is 17.2. The van der Waals surface area contributed by atoms with Crippen LogP contribution in [0.2, 0.25) is 0 Å². The van der Waals surface area contributed by atoms with E-state index in [-0.39, 0.29) is 18.5 Å². The highest BCUT2D eigenvalue weighted by Crippen LogP contribution is 2.30. The lowest BCUT2D eigenvalue weighted by molar-refractivity contribution is -0.152. The predicted octanol–water partition coefficient (Wildman–Crippen LogP) is 3.43. The Morgan fingerprint density at radius 1 is 1.32 bits per heavy atom. The molecule has 1 amide bonds. The minimum Gasteiger partial charge on any atom is -0.464 e. The molecule has 1 aromatic carbocycles. The Balaban J connectivity index is 2.22. The molecule has 0 aliphatic heterocycles. The third-order valence-corrected chi connectivity index (χ3v) is 4.79. The monoisotopic (exact) mass is 419 g/mol. The Hall–Kier alpha value is -1.18. The quantitative estimate of drug-likeness (QED) is 0.601. The Labute approximate surface area is 142 Å². The van der Waals surface area contributed by atoms with Crippen LogP contribution in [0, 0.1) is 9.39 Å². The number of carbonyl (C=O) groups excluding carboxylic acids is 2. The first-order chi connectivity index (χ1) is 10.5. The van der Waals surface area contributed by atoms with Gasteiger partial charge in [-0.3, -0.25) is 4.79 Å². The highest BCUT2D eigenvalue weighted by Gasteiger charge is 2.42. The summed E-state index contributed by atoms with van der Waals surface area (Å²) < 4.78 is 18.8. The Morgan fingerprint density at radius 3 is 2.59 bits per heavy atom. The lowest BCUT2D eigenvalue weighted by Gasteiger charge is -2.35. The molecule has 1 aliphatic carbocycles. The van der Waals surface area contributed by atoms with Crippen molar-refractivity contribution in [3.63, 3.8) is 0 Å². The molecule has 0 heterocycles. The Bertz CT molecular complexity index is 571. The van der Waals surface area contributed by atoms with Crippen molar-refractivity contribution in [1.29, 1.82) is 0 Å². The van der Waals surface area contributed by atoms with E-state index in [1.165, 1.54) is 18.2 Å². The van der Waals surface area contributed by atoms with Crippen LogP contribution in [0.5, 0.6) is 0 Å². The summed E-state index contributed by atoms with van der Waals surface area (Å²) in [6.07, 6.45) is 3.95. The second kappa shape index (κ2) is 7.39. The van der Waals surface area contributed by atoms with E-state index in [1.54, 1.807) is 6.92 Å². The highest BCUT2D eigenvalue weighted by atomic mass is 127. The van der Waals surface area contributed by atoms with Crippen molar-refractivity contribution in [2.45, 2.75) is 44.6 Å². The van der Waals surface area contributed by atoms with Crippen LogP contribution in [0.4, 0.5) is 4.39 Å². The van der Waals surface area contributed by atoms with E-state index >= 15 is 0 Å². The number of halogens is 2. The third kappa shape index (κ3) is 3.77. The number of amides is 1. The van der Waals surface area contributed by atoms with Crippen LogP contribution in [0.25, 0.3) is 0 Å². The maximum absolute atomic E-state index is 13.2. The summed E-state index contributed by atoms with van der Waals surface area (Å²) in [6.45, 7) is 2.03. The minimum atomic E-state index is -0.956. The molecule has 120 valence electrons. The lowest BCUT2D eigenvalue weighted by Crippen LogP contribution is -2.56. The van der Waals surface area contributed by atoms with Crippen molar-refractivity contribution in [3.05, 3.63) is 33.1 Å². The molecule has 1 fully saturated rings. The zero-order valence-corrected chi connectivity index (χ0v) is 14.6. The SMILES string of the molecule is CCOC(=O)C1(NC(=O)c2ccc(F)cc2I)CCCCC1. The van der Waals surface area contributed by atoms with Gasteiger partial charge in [0.05, 0.1) is 12.2 Å². The molecule has 0 spiro atoms. The first-order valence-electron chi connectivity index (χ1n) is 7.43. The smallest absolute Gasteiger partial charge is 0.331 e. The van der Waals surface area contributed by atoms with E-state index in [2.05, 4.69) is 5.32 Å².